The Hall–Kier alpha value is -2.97. The smallest absolute Gasteiger partial charge is 0.257 e. The minimum atomic E-state index is -2.18. The molecule has 30 heavy (non-hydrogen) atoms. The number of amides is 3. The maximum Gasteiger partial charge on any atom is 0.257 e. The monoisotopic (exact) mass is 431 g/mol. The maximum absolute atomic E-state index is 14.2. The van der Waals surface area contributed by atoms with Crippen LogP contribution >= 0.6 is 11.6 Å². The lowest BCUT2D eigenvalue weighted by Gasteiger charge is -2.36. The fourth-order valence-corrected chi connectivity index (χ4v) is 4.06. The van der Waals surface area contributed by atoms with Gasteiger partial charge in [-0.05, 0) is 43.2 Å². The summed E-state index contributed by atoms with van der Waals surface area (Å²) in [7, 11) is 0. The van der Waals surface area contributed by atoms with Crippen molar-refractivity contribution in [1.29, 1.82) is 0 Å². The molecule has 2 unspecified atom stereocenters. The lowest BCUT2D eigenvalue weighted by molar-refractivity contribution is -0.147. The van der Waals surface area contributed by atoms with Crippen LogP contribution in [0.15, 0.2) is 42.5 Å². The first kappa shape index (κ1) is 20.3. The number of rotatable bonds is 3. The molecule has 9 heteroatoms. The Morgan fingerprint density at radius 3 is 2.80 bits per heavy atom. The number of benzene rings is 2. The van der Waals surface area contributed by atoms with Crippen LogP contribution in [0.4, 0.5) is 15.8 Å². The average Bonchev–Trinajstić information content (AvgIpc) is 2.71. The first-order valence-corrected chi connectivity index (χ1v) is 9.86. The minimum Gasteiger partial charge on any atom is -0.375 e. The number of aliphatic hydroxyl groups is 1. The molecule has 4 rings (SSSR count). The van der Waals surface area contributed by atoms with Crippen molar-refractivity contribution in [3.05, 3.63) is 58.9 Å². The zero-order valence-corrected chi connectivity index (χ0v) is 16.6. The van der Waals surface area contributed by atoms with E-state index in [1.165, 1.54) is 41.3 Å². The number of nitrogens with zero attached hydrogens (tertiary/aromatic N) is 1. The van der Waals surface area contributed by atoms with Crippen molar-refractivity contribution in [2.24, 2.45) is 0 Å². The molecular formula is C21H19ClFN3O4. The third-order valence-electron chi connectivity index (χ3n) is 5.38. The molecule has 0 aliphatic carbocycles. The number of para-hydroxylation sites is 1. The Bertz CT molecular complexity index is 1050. The molecule has 0 radical (unpaired) electrons. The van der Waals surface area contributed by atoms with Crippen molar-refractivity contribution in [3.63, 3.8) is 0 Å². The van der Waals surface area contributed by atoms with E-state index in [4.69, 9.17) is 11.6 Å². The van der Waals surface area contributed by atoms with Crippen molar-refractivity contribution in [2.75, 3.05) is 16.8 Å². The van der Waals surface area contributed by atoms with Crippen LogP contribution < -0.4 is 15.5 Å². The number of carbonyl (C=O) groups is 3. The van der Waals surface area contributed by atoms with E-state index in [-0.39, 0.29) is 22.0 Å². The number of hydrogen-bond acceptors (Lipinski definition) is 4. The molecule has 1 saturated heterocycles. The number of fused-ring (bicyclic) bond motifs is 1. The quantitative estimate of drug-likeness (QED) is 0.694. The zero-order chi connectivity index (χ0) is 21.5. The Labute approximate surface area is 176 Å². The molecule has 7 nitrogen and oxygen atoms in total. The number of nitrogens with one attached hydrogen (secondary N) is 2. The van der Waals surface area contributed by atoms with Gasteiger partial charge in [0.2, 0.25) is 11.8 Å². The van der Waals surface area contributed by atoms with E-state index in [0.717, 1.165) is 0 Å². The lowest BCUT2D eigenvalue weighted by atomic mass is 9.84. The summed E-state index contributed by atoms with van der Waals surface area (Å²) >= 11 is 6.01. The summed E-state index contributed by atoms with van der Waals surface area (Å²) in [5.74, 6) is -2.43. The molecule has 2 heterocycles. The summed E-state index contributed by atoms with van der Waals surface area (Å²) in [4.78, 5) is 39.3. The molecule has 1 fully saturated rings. The molecule has 0 bridgehead atoms. The van der Waals surface area contributed by atoms with Crippen LogP contribution in [0.5, 0.6) is 0 Å². The number of halogens is 2. The van der Waals surface area contributed by atoms with E-state index < -0.39 is 41.6 Å². The molecule has 3 N–H and O–H groups in total. The predicted octanol–water partition coefficient (Wildman–Crippen LogP) is 2.32. The molecule has 2 aliphatic rings. The van der Waals surface area contributed by atoms with Crippen molar-refractivity contribution in [2.45, 2.75) is 30.9 Å². The van der Waals surface area contributed by atoms with Crippen molar-refractivity contribution < 1.29 is 23.9 Å². The highest BCUT2D eigenvalue weighted by Crippen LogP contribution is 2.38. The van der Waals surface area contributed by atoms with E-state index >= 15 is 0 Å². The van der Waals surface area contributed by atoms with Crippen LogP contribution in [-0.4, -0.2) is 35.4 Å². The van der Waals surface area contributed by atoms with E-state index in [1.807, 2.05) is 0 Å². The summed E-state index contributed by atoms with van der Waals surface area (Å²) in [5.41, 5.74) is -1.62. The Morgan fingerprint density at radius 2 is 2.03 bits per heavy atom. The van der Waals surface area contributed by atoms with Crippen LogP contribution in [0.1, 0.15) is 24.8 Å². The van der Waals surface area contributed by atoms with Crippen LogP contribution in [-0.2, 0) is 20.0 Å². The van der Waals surface area contributed by atoms with Crippen molar-refractivity contribution in [1.82, 2.24) is 5.32 Å². The third-order valence-corrected chi connectivity index (χ3v) is 5.62. The van der Waals surface area contributed by atoms with Gasteiger partial charge in [0.05, 0.1) is 12.1 Å². The van der Waals surface area contributed by atoms with Crippen molar-refractivity contribution >= 4 is 40.7 Å². The van der Waals surface area contributed by atoms with E-state index in [2.05, 4.69) is 10.6 Å². The second-order valence-corrected chi connectivity index (χ2v) is 7.82. The number of hydrogen-bond donors (Lipinski definition) is 3. The number of carbonyl (C=O) groups excluding carboxylic acids is 3. The van der Waals surface area contributed by atoms with E-state index in [1.54, 1.807) is 6.07 Å². The van der Waals surface area contributed by atoms with Gasteiger partial charge in [0, 0.05) is 22.8 Å². The standard InChI is InChI=1S/C21H19ClFN3O4/c22-12-7-8-15-13(10-12)21(30,11-18(27)24-15)20(29)25-16-5-3-9-26(19(16)28)17-6-2-1-4-14(17)23/h1-2,4,6-8,10,16,30H,3,5,9,11H2,(H,24,27)(H,25,29). The van der Waals surface area contributed by atoms with Crippen LogP contribution in [0.25, 0.3) is 0 Å². The van der Waals surface area contributed by atoms with Gasteiger partial charge in [0.25, 0.3) is 5.91 Å². The first-order valence-electron chi connectivity index (χ1n) is 9.49. The molecule has 0 spiro atoms. The largest absolute Gasteiger partial charge is 0.375 e. The highest BCUT2D eigenvalue weighted by atomic mass is 35.5. The van der Waals surface area contributed by atoms with Crippen LogP contribution in [0, 0.1) is 5.82 Å². The first-order chi connectivity index (χ1) is 14.3. The fourth-order valence-electron chi connectivity index (χ4n) is 3.89. The normalized spacial score (nSPS) is 23.6. The van der Waals surface area contributed by atoms with Gasteiger partial charge in [0.15, 0.2) is 5.60 Å². The zero-order valence-electron chi connectivity index (χ0n) is 15.8. The molecule has 2 aromatic rings. The maximum atomic E-state index is 14.2. The highest BCUT2D eigenvalue weighted by molar-refractivity contribution is 6.30. The summed E-state index contributed by atoms with van der Waals surface area (Å²) in [6, 6.07) is 9.38. The molecule has 3 amide bonds. The lowest BCUT2D eigenvalue weighted by Crippen LogP contribution is -2.58. The fraction of sp³-hybridized carbons (Fsp3) is 0.286. The summed E-state index contributed by atoms with van der Waals surface area (Å²) < 4.78 is 14.2. The predicted molar refractivity (Wildman–Crippen MR) is 109 cm³/mol. The highest BCUT2D eigenvalue weighted by Gasteiger charge is 2.46. The molecule has 2 atom stereocenters. The molecule has 2 aromatic carbocycles. The Kier molecular flexibility index (Phi) is 5.21. The SMILES string of the molecule is O=C1CC(O)(C(=O)NC2CCCN(c3ccccc3F)C2=O)c2cc(Cl)ccc2N1. The number of anilines is 2. The minimum absolute atomic E-state index is 0.134. The van der Waals surface area contributed by atoms with Crippen molar-refractivity contribution in [3.8, 4) is 0 Å². The van der Waals surface area contributed by atoms with Gasteiger partial charge < -0.3 is 20.6 Å². The van der Waals surface area contributed by atoms with Gasteiger partial charge in [0.1, 0.15) is 11.9 Å². The Balaban J connectivity index is 1.59. The molecule has 0 saturated carbocycles. The second-order valence-electron chi connectivity index (χ2n) is 7.38. The molecular weight excluding hydrogens is 413 g/mol. The van der Waals surface area contributed by atoms with E-state index in [0.29, 0.717) is 19.4 Å². The third kappa shape index (κ3) is 3.53. The summed E-state index contributed by atoms with van der Waals surface area (Å²) in [6.45, 7) is 0.317. The van der Waals surface area contributed by atoms with Gasteiger partial charge >= 0.3 is 0 Å². The molecule has 2 aliphatic heterocycles. The van der Waals surface area contributed by atoms with Gasteiger partial charge in [-0.15, -0.1) is 0 Å². The summed E-state index contributed by atoms with van der Waals surface area (Å²) in [6.07, 6.45) is 0.358. The van der Waals surface area contributed by atoms with Gasteiger partial charge in [-0.25, -0.2) is 4.39 Å². The van der Waals surface area contributed by atoms with Gasteiger partial charge in [-0.1, -0.05) is 23.7 Å². The molecule has 156 valence electrons. The van der Waals surface area contributed by atoms with E-state index in [9.17, 15) is 23.9 Å². The summed E-state index contributed by atoms with van der Waals surface area (Å²) in [5, 5.41) is 16.5. The molecule has 0 aromatic heterocycles. The topological polar surface area (TPSA) is 98.7 Å². The Morgan fingerprint density at radius 1 is 1.27 bits per heavy atom. The van der Waals surface area contributed by atoms with Gasteiger partial charge in [-0.2, -0.15) is 0 Å². The van der Waals surface area contributed by atoms with Crippen LogP contribution in [0.3, 0.4) is 0 Å². The number of piperidine rings is 1. The second kappa shape index (κ2) is 7.70. The average molecular weight is 432 g/mol. The van der Waals surface area contributed by atoms with Crippen LogP contribution in [0.2, 0.25) is 5.02 Å². The van der Waals surface area contributed by atoms with Gasteiger partial charge in [-0.3, -0.25) is 14.4 Å².